The zero-order chi connectivity index (χ0) is 24.6. The van der Waals surface area contributed by atoms with Crippen molar-refractivity contribution in [1.82, 2.24) is 5.16 Å². The maximum Gasteiger partial charge on any atom is 0.423 e. The van der Waals surface area contributed by atoms with Crippen LogP contribution in [0.5, 0.6) is 0 Å². The summed E-state index contributed by atoms with van der Waals surface area (Å²) in [5, 5.41) is 23.1. The summed E-state index contributed by atoms with van der Waals surface area (Å²) in [5.74, 6) is -1.82. The van der Waals surface area contributed by atoms with Gasteiger partial charge in [0.05, 0.1) is 22.7 Å². The molecule has 1 amide bonds. The number of aliphatic hydroxyl groups excluding tert-OH is 1. The first kappa shape index (κ1) is 23.4. The zero-order valence-electron chi connectivity index (χ0n) is 18.1. The van der Waals surface area contributed by atoms with E-state index in [4.69, 9.17) is 5.26 Å². The van der Waals surface area contributed by atoms with E-state index in [0.717, 1.165) is 28.9 Å². The monoisotopic (exact) mass is 471 g/mol. The molecule has 4 rings (SSSR count). The van der Waals surface area contributed by atoms with Gasteiger partial charge in [-0.1, -0.05) is 11.2 Å². The Morgan fingerprint density at radius 2 is 2.06 bits per heavy atom. The highest BCUT2D eigenvalue weighted by Gasteiger charge is 2.46. The van der Waals surface area contributed by atoms with Gasteiger partial charge in [-0.25, -0.2) is 4.79 Å². The first-order chi connectivity index (χ1) is 16.1. The van der Waals surface area contributed by atoms with Crippen LogP contribution in [0.25, 0.3) is 10.8 Å². The molecule has 34 heavy (non-hydrogen) atoms. The van der Waals surface area contributed by atoms with Crippen molar-refractivity contribution < 1.29 is 27.6 Å². The van der Waals surface area contributed by atoms with E-state index < -0.39 is 23.8 Å². The largest absolute Gasteiger partial charge is 0.423 e. The molecule has 1 aliphatic carbocycles. The minimum Gasteiger partial charge on any atom is -0.376 e. The van der Waals surface area contributed by atoms with Crippen molar-refractivity contribution in [2.24, 2.45) is 0 Å². The molecule has 1 unspecified atom stereocenters. The molecule has 2 atom stereocenters. The van der Waals surface area contributed by atoms with E-state index >= 15 is 0 Å². The Labute approximate surface area is 192 Å². The molecule has 176 valence electrons. The summed E-state index contributed by atoms with van der Waals surface area (Å²) >= 11 is 0. The number of alkyl halides is 3. The van der Waals surface area contributed by atoms with Gasteiger partial charge in [0.1, 0.15) is 0 Å². The maximum absolute atomic E-state index is 13.3. The molecule has 10 heteroatoms. The standard InChI is InChI=1S/C24H20F3N3O4/c1-13-20-10-17(6-8-19(20)23(33)34-29-13)30(22(32)21(31)24(25,26)27)12-16-4-2-3-15-9-14(11-28)5-7-18(15)16/h5-10,16,21,31H,2-4,12H2,1H3/t16?,21-/m1/s1. The van der Waals surface area contributed by atoms with E-state index in [-0.39, 0.29) is 23.5 Å². The van der Waals surface area contributed by atoms with Crippen LogP contribution >= 0.6 is 0 Å². The predicted octanol–water partition coefficient (Wildman–Crippen LogP) is 3.74. The Bertz CT molecular complexity index is 1360. The number of nitrogens with zero attached hydrogens (tertiary/aromatic N) is 3. The van der Waals surface area contributed by atoms with Crippen molar-refractivity contribution in [3.8, 4) is 6.07 Å². The molecule has 0 radical (unpaired) electrons. The van der Waals surface area contributed by atoms with Crippen LogP contribution in [-0.4, -0.2) is 35.0 Å². The van der Waals surface area contributed by atoms with E-state index in [1.54, 1.807) is 25.1 Å². The Morgan fingerprint density at radius 1 is 1.29 bits per heavy atom. The summed E-state index contributed by atoms with van der Waals surface area (Å²) in [6.45, 7) is 1.44. The predicted molar refractivity (Wildman–Crippen MR) is 116 cm³/mol. The second-order valence-corrected chi connectivity index (χ2v) is 8.29. The lowest BCUT2D eigenvalue weighted by Gasteiger charge is -2.33. The van der Waals surface area contributed by atoms with Gasteiger partial charge >= 0.3 is 11.8 Å². The number of aromatic nitrogens is 1. The number of fused-ring (bicyclic) bond motifs is 2. The molecule has 0 spiro atoms. The van der Waals surface area contributed by atoms with Crippen LogP contribution in [0.15, 0.2) is 45.7 Å². The molecule has 0 fully saturated rings. The van der Waals surface area contributed by atoms with Crippen LogP contribution in [0.2, 0.25) is 0 Å². The summed E-state index contributed by atoms with van der Waals surface area (Å²) in [7, 11) is 0. The van der Waals surface area contributed by atoms with Gasteiger partial charge in [0.2, 0.25) is 6.10 Å². The highest BCUT2D eigenvalue weighted by Crippen LogP contribution is 2.35. The highest BCUT2D eigenvalue weighted by molar-refractivity contribution is 5.99. The molecule has 0 saturated heterocycles. The number of aryl methyl sites for hydroxylation is 2. The van der Waals surface area contributed by atoms with Gasteiger partial charge < -0.3 is 14.5 Å². The minimum atomic E-state index is -5.14. The number of benzene rings is 2. The SMILES string of the molecule is Cc1noc(=O)c2ccc(N(CC3CCCc4cc(C#N)ccc43)C(=O)[C@@H](O)C(F)(F)F)cc12. The number of amides is 1. The number of nitriles is 1. The van der Waals surface area contributed by atoms with E-state index in [1.165, 1.54) is 18.2 Å². The summed E-state index contributed by atoms with van der Waals surface area (Å²) < 4.78 is 44.4. The van der Waals surface area contributed by atoms with E-state index in [1.807, 2.05) is 0 Å². The quantitative estimate of drug-likeness (QED) is 0.621. The summed E-state index contributed by atoms with van der Waals surface area (Å²) in [4.78, 5) is 25.8. The number of carbonyl (C=O) groups is 1. The Hall–Kier alpha value is -3.71. The maximum atomic E-state index is 13.3. The van der Waals surface area contributed by atoms with Crippen molar-refractivity contribution in [1.29, 1.82) is 5.26 Å². The molecule has 0 saturated carbocycles. The van der Waals surface area contributed by atoms with E-state index in [0.29, 0.717) is 23.1 Å². The number of aliphatic hydroxyl groups is 1. The lowest BCUT2D eigenvalue weighted by Crippen LogP contribution is -2.48. The second-order valence-electron chi connectivity index (χ2n) is 8.29. The molecular formula is C24H20F3N3O4. The van der Waals surface area contributed by atoms with E-state index in [9.17, 15) is 27.9 Å². The number of carbonyl (C=O) groups excluding carboxylic acids is 1. The van der Waals surface area contributed by atoms with Crippen LogP contribution in [-0.2, 0) is 11.2 Å². The van der Waals surface area contributed by atoms with Crippen LogP contribution < -0.4 is 10.5 Å². The first-order valence-corrected chi connectivity index (χ1v) is 10.6. The average molecular weight is 471 g/mol. The van der Waals surface area contributed by atoms with Crippen molar-refractivity contribution in [3.05, 3.63) is 69.2 Å². The fourth-order valence-electron chi connectivity index (χ4n) is 4.39. The molecule has 0 aliphatic heterocycles. The zero-order valence-corrected chi connectivity index (χ0v) is 18.1. The van der Waals surface area contributed by atoms with Crippen molar-refractivity contribution in [2.45, 2.75) is 44.4 Å². The van der Waals surface area contributed by atoms with Gasteiger partial charge in [0, 0.05) is 23.5 Å². The van der Waals surface area contributed by atoms with Gasteiger partial charge in [-0.15, -0.1) is 0 Å². The number of hydrogen-bond donors (Lipinski definition) is 1. The third-order valence-corrected chi connectivity index (χ3v) is 6.11. The smallest absolute Gasteiger partial charge is 0.376 e. The molecular weight excluding hydrogens is 451 g/mol. The van der Waals surface area contributed by atoms with Gasteiger partial charge in [0.25, 0.3) is 5.91 Å². The topological polar surface area (TPSA) is 107 Å². The van der Waals surface area contributed by atoms with Gasteiger partial charge in [-0.2, -0.15) is 18.4 Å². The Balaban J connectivity index is 1.79. The lowest BCUT2D eigenvalue weighted by atomic mass is 9.81. The molecule has 1 aliphatic rings. The highest BCUT2D eigenvalue weighted by atomic mass is 19.4. The molecule has 7 nitrogen and oxygen atoms in total. The van der Waals surface area contributed by atoms with Crippen LogP contribution in [0.1, 0.15) is 41.1 Å². The number of rotatable bonds is 4. The molecule has 1 heterocycles. The summed E-state index contributed by atoms with van der Waals surface area (Å²) in [5.41, 5.74) is 1.95. The van der Waals surface area contributed by atoms with E-state index in [2.05, 4.69) is 15.7 Å². The lowest BCUT2D eigenvalue weighted by molar-refractivity contribution is -0.203. The molecule has 3 aromatic rings. The molecule has 1 N–H and O–H groups in total. The number of anilines is 1. The van der Waals surface area contributed by atoms with Crippen molar-refractivity contribution in [2.75, 3.05) is 11.4 Å². The third-order valence-electron chi connectivity index (χ3n) is 6.11. The number of halogens is 3. The second kappa shape index (κ2) is 8.91. The summed E-state index contributed by atoms with van der Waals surface area (Å²) in [6.07, 6.45) is -6.28. The van der Waals surface area contributed by atoms with Crippen molar-refractivity contribution >= 4 is 22.4 Å². The summed E-state index contributed by atoms with van der Waals surface area (Å²) in [6, 6.07) is 11.3. The van der Waals surface area contributed by atoms with Gasteiger partial charge in [-0.05, 0) is 67.6 Å². The Kier molecular flexibility index (Phi) is 6.15. The molecule has 1 aromatic heterocycles. The average Bonchev–Trinajstić information content (AvgIpc) is 2.82. The van der Waals surface area contributed by atoms with Crippen LogP contribution in [0, 0.1) is 18.3 Å². The minimum absolute atomic E-state index is 0.0945. The van der Waals surface area contributed by atoms with Gasteiger partial charge in [0.15, 0.2) is 0 Å². The van der Waals surface area contributed by atoms with Crippen molar-refractivity contribution in [3.63, 3.8) is 0 Å². The molecule has 0 bridgehead atoms. The fraction of sp³-hybridized carbons (Fsp3) is 0.333. The van der Waals surface area contributed by atoms with Gasteiger partial charge in [-0.3, -0.25) is 4.79 Å². The fourth-order valence-corrected chi connectivity index (χ4v) is 4.39. The first-order valence-electron chi connectivity index (χ1n) is 10.6. The van der Waals surface area contributed by atoms with Crippen LogP contribution in [0.4, 0.5) is 18.9 Å². The normalized spacial score (nSPS) is 16.5. The van der Waals surface area contributed by atoms with Crippen LogP contribution in [0.3, 0.4) is 0 Å². The third kappa shape index (κ3) is 4.39. The molecule has 2 aromatic carbocycles. The Morgan fingerprint density at radius 3 is 2.76 bits per heavy atom. The number of hydrogen-bond acceptors (Lipinski definition) is 6.